The third-order valence-corrected chi connectivity index (χ3v) is 3.84. The first kappa shape index (κ1) is 15.2. The SMILES string of the molecule is COc1ccc(/C(N)=N/O)c(Sc2cc(C)cc(C)n2)c1. The Hall–Kier alpha value is -2.21. The molecule has 0 spiro atoms. The van der Waals surface area contributed by atoms with Gasteiger partial charge in [0.25, 0.3) is 0 Å². The van der Waals surface area contributed by atoms with Gasteiger partial charge in [0.1, 0.15) is 10.8 Å². The molecule has 1 aromatic heterocycles. The Morgan fingerprint density at radius 2 is 2.05 bits per heavy atom. The third-order valence-electron chi connectivity index (χ3n) is 2.86. The molecule has 6 heteroatoms. The lowest BCUT2D eigenvalue weighted by molar-refractivity contribution is 0.318. The lowest BCUT2D eigenvalue weighted by Crippen LogP contribution is -2.14. The number of rotatable bonds is 4. The molecular weight excluding hydrogens is 286 g/mol. The molecule has 1 aromatic carbocycles. The summed E-state index contributed by atoms with van der Waals surface area (Å²) in [6, 6.07) is 9.38. The Labute approximate surface area is 127 Å². The maximum Gasteiger partial charge on any atom is 0.171 e. The minimum Gasteiger partial charge on any atom is -0.497 e. The summed E-state index contributed by atoms with van der Waals surface area (Å²) in [5.74, 6) is 0.765. The Kier molecular flexibility index (Phi) is 4.70. The van der Waals surface area contributed by atoms with Crippen molar-refractivity contribution in [3.05, 3.63) is 47.2 Å². The Bertz CT molecular complexity index is 666. The quantitative estimate of drug-likeness (QED) is 0.393. The van der Waals surface area contributed by atoms with Crippen LogP contribution in [0.3, 0.4) is 0 Å². The lowest BCUT2D eigenvalue weighted by atomic mass is 10.2. The highest BCUT2D eigenvalue weighted by atomic mass is 32.2. The molecule has 0 amide bonds. The Morgan fingerprint density at radius 3 is 2.67 bits per heavy atom. The van der Waals surface area contributed by atoms with Gasteiger partial charge >= 0.3 is 0 Å². The molecule has 0 aliphatic carbocycles. The number of aryl methyl sites for hydroxylation is 2. The average molecular weight is 303 g/mol. The number of amidine groups is 1. The van der Waals surface area contributed by atoms with E-state index < -0.39 is 0 Å². The van der Waals surface area contributed by atoms with E-state index >= 15 is 0 Å². The summed E-state index contributed by atoms with van der Waals surface area (Å²) in [7, 11) is 1.60. The van der Waals surface area contributed by atoms with E-state index in [-0.39, 0.29) is 5.84 Å². The number of aromatic nitrogens is 1. The van der Waals surface area contributed by atoms with Crippen LogP contribution in [0.4, 0.5) is 0 Å². The Morgan fingerprint density at radius 1 is 1.29 bits per heavy atom. The molecule has 21 heavy (non-hydrogen) atoms. The van der Waals surface area contributed by atoms with E-state index in [1.54, 1.807) is 19.2 Å². The molecule has 0 saturated carbocycles. The van der Waals surface area contributed by atoms with Gasteiger partial charge in [-0.25, -0.2) is 4.98 Å². The number of methoxy groups -OCH3 is 1. The summed E-state index contributed by atoms with van der Waals surface area (Å²) in [5, 5.41) is 12.8. The molecule has 0 aliphatic heterocycles. The number of hydrogen-bond donors (Lipinski definition) is 2. The van der Waals surface area contributed by atoms with Crippen molar-refractivity contribution in [2.75, 3.05) is 7.11 Å². The molecule has 2 aromatic rings. The second-order valence-electron chi connectivity index (χ2n) is 4.57. The highest BCUT2D eigenvalue weighted by molar-refractivity contribution is 7.99. The summed E-state index contributed by atoms with van der Waals surface area (Å²) < 4.78 is 5.23. The lowest BCUT2D eigenvalue weighted by Gasteiger charge is -2.10. The van der Waals surface area contributed by atoms with Gasteiger partial charge in [0.15, 0.2) is 5.84 Å². The van der Waals surface area contributed by atoms with Crippen molar-refractivity contribution in [2.24, 2.45) is 10.9 Å². The van der Waals surface area contributed by atoms with Crippen LogP contribution in [0.2, 0.25) is 0 Å². The summed E-state index contributed by atoms with van der Waals surface area (Å²) in [6.07, 6.45) is 0. The minimum absolute atomic E-state index is 0.0597. The van der Waals surface area contributed by atoms with Gasteiger partial charge in [0.05, 0.1) is 7.11 Å². The van der Waals surface area contributed by atoms with Crippen LogP contribution in [0.25, 0.3) is 0 Å². The number of pyridine rings is 1. The fourth-order valence-electron chi connectivity index (χ4n) is 1.95. The zero-order chi connectivity index (χ0) is 15.4. The van der Waals surface area contributed by atoms with Crippen LogP contribution in [-0.4, -0.2) is 23.1 Å². The number of oxime groups is 1. The van der Waals surface area contributed by atoms with E-state index in [1.807, 2.05) is 32.0 Å². The van der Waals surface area contributed by atoms with Gasteiger partial charge in [0.2, 0.25) is 0 Å². The molecule has 5 nitrogen and oxygen atoms in total. The van der Waals surface area contributed by atoms with E-state index in [0.717, 1.165) is 21.2 Å². The minimum atomic E-state index is 0.0597. The number of nitrogens with zero attached hydrogens (tertiary/aromatic N) is 2. The third kappa shape index (κ3) is 3.66. The molecule has 0 bridgehead atoms. The predicted octanol–water partition coefficient (Wildman–Crippen LogP) is 2.95. The van der Waals surface area contributed by atoms with Crippen molar-refractivity contribution in [3.63, 3.8) is 0 Å². The van der Waals surface area contributed by atoms with Crippen molar-refractivity contribution < 1.29 is 9.94 Å². The first-order valence-electron chi connectivity index (χ1n) is 6.32. The summed E-state index contributed by atoms with van der Waals surface area (Å²) in [5.41, 5.74) is 8.46. The highest BCUT2D eigenvalue weighted by Gasteiger charge is 2.11. The van der Waals surface area contributed by atoms with E-state index in [0.29, 0.717) is 11.3 Å². The number of ether oxygens (including phenoxy) is 1. The predicted molar refractivity (Wildman–Crippen MR) is 83.3 cm³/mol. The monoisotopic (exact) mass is 303 g/mol. The van der Waals surface area contributed by atoms with Crippen LogP contribution in [0.1, 0.15) is 16.8 Å². The van der Waals surface area contributed by atoms with Gasteiger partial charge in [-0.3, -0.25) is 0 Å². The van der Waals surface area contributed by atoms with E-state index in [9.17, 15) is 0 Å². The first-order chi connectivity index (χ1) is 10.0. The van der Waals surface area contributed by atoms with Gasteiger partial charge in [-0.1, -0.05) is 16.9 Å². The van der Waals surface area contributed by atoms with Crippen molar-refractivity contribution in [2.45, 2.75) is 23.8 Å². The molecule has 2 rings (SSSR count). The molecule has 0 unspecified atom stereocenters. The van der Waals surface area contributed by atoms with Gasteiger partial charge < -0.3 is 15.7 Å². The van der Waals surface area contributed by atoms with Gasteiger partial charge in [-0.05, 0) is 49.7 Å². The highest BCUT2D eigenvalue weighted by Crippen LogP contribution is 2.32. The summed E-state index contributed by atoms with van der Waals surface area (Å²) >= 11 is 1.45. The standard InChI is InChI=1S/C15H17N3O2S/c1-9-6-10(2)17-14(7-9)21-13-8-11(20-3)4-5-12(13)15(16)18-19/h4-8,19H,1-3H3,(H2,16,18). The molecule has 0 fully saturated rings. The van der Waals surface area contributed by atoms with E-state index in [2.05, 4.69) is 10.1 Å². The molecule has 1 heterocycles. The van der Waals surface area contributed by atoms with E-state index in [1.165, 1.54) is 11.8 Å². The fourth-order valence-corrected chi connectivity index (χ4v) is 3.07. The zero-order valence-corrected chi connectivity index (χ0v) is 12.9. The molecule has 0 aliphatic rings. The number of benzene rings is 1. The fraction of sp³-hybridized carbons (Fsp3) is 0.200. The van der Waals surface area contributed by atoms with Gasteiger partial charge in [0, 0.05) is 16.2 Å². The summed E-state index contributed by atoms with van der Waals surface area (Å²) in [4.78, 5) is 5.31. The molecule has 3 N–H and O–H groups in total. The maximum atomic E-state index is 8.90. The molecule has 0 atom stereocenters. The second-order valence-corrected chi connectivity index (χ2v) is 5.64. The van der Waals surface area contributed by atoms with Crippen LogP contribution in [0.15, 0.2) is 45.4 Å². The van der Waals surface area contributed by atoms with Crippen molar-refractivity contribution in [1.82, 2.24) is 4.98 Å². The Balaban J connectivity index is 2.45. The largest absolute Gasteiger partial charge is 0.497 e. The van der Waals surface area contributed by atoms with Crippen LogP contribution >= 0.6 is 11.8 Å². The first-order valence-corrected chi connectivity index (χ1v) is 7.14. The number of hydrogen-bond acceptors (Lipinski definition) is 5. The van der Waals surface area contributed by atoms with Crippen LogP contribution in [0, 0.1) is 13.8 Å². The van der Waals surface area contributed by atoms with E-state index in [4.69, 9.17) is 15.7 Å². The zero-order valence-electron chi connectivity index (χ0n) is 12.1. The van der Waals surface area contributed by atoms with Crippen LogP contribution in [-0.2, 0) is 0 Å². The number of nitrogens with two attached hydrogens (primary N) is 1. The second kappa shape index (κ2) is 6.49. The van der Waals surface area contributed by atoms with Gasteiger partial charge in [-0.2, -0.15) is 0 Å². The smallest absolute Gasteiger partial charge is 0.171 e. The van der Waals surface area contributed by atoms with Crippen molar-refractivity contribution in [3.8, 4) is 5.75 Å². The molecular formula is C15H17N3O2S. The molecule has 110 valence electrons. The van der Waals surface area contributed by atoms with Crippen molar-refractivity contribution >= 4 is 17.6 Å². The molecule has 0 radical (unpaired) electrons. The van der Waals surface area contributed by atoms with Crippen LogP contribution in [0.5, 0.6) is 5.75 Å². The van der Waals surface area contributed by atoms with Crippen molar-refractivity contribution in [1.29, 1.82) is 0 Å². The maximum absolute atomic E-state index is 8.90. The summed E-state index contributed by atoms with van der Waals surface area (Å²) in [6.45, 7) is 3.97. The van der Waals surface area contributed by atoms with Crippen LogP contribution < -0.4 is 10.5 Å². The molecule has 0 saturated heterocycles. The normalized spacial score (nSPS) is 11.5. The average Bonchev–Trinajstić information content (AvgIpc) is 2.45. The van der Waals surface area contributed by atoms with Gasteiger partial charge in [-0.15, -0.1) is 0 Å². The topological polar surface area (TPSA) is 80.7 Å².